The summed E-state index contributed by atoms with van der Waals surface area (Å²) >= 11 is 0. The van der Waals surface area contributed by atoms with E-state index in [1.165, 1.54) is 0 Å². The molecule has 0 aliphatic carbocycles. The molecule has 2 rings (SSSR count). The highest BCUT2D eigenvalue weighted by Gasteiger charge is 2.17. The number of hydrogen-bond donors (Lipinski definition) is 1. The van der Waals surface area contributed by atoms with E-state index in [-0.39, 0.29) is 12.3 Å². The molecule has 120 valence electrons. The first-order valence-electron chi connectivity index (χ1n) is 7.70. The molecule has 0 unspecified atom stereocenters. The number of carboxylic acid groups (broad SMARTS) is 1. The molecule has 1 N–H and O–H groups in total. The number of carbonyl (C=O) groups is 1. The van der Waals surface area contributed by atoms with Crippen LogP contribution in [0.3, 0.4) is 0 Å². The number of benzene rings is 2. The summed E-state index contributed by atoms with van der Waals surface area (Å²) in [5, 5.41) is 9.20. The van der Waals surface area contributed by atoms with Crippen LogP contribution in [-0.4, -0.2) is 17.7 Å². The summed E-state index contributed by atoms with van der Waals surface area (Å²) in [5.41, 5.74) is 3.07. The summed E-state index contributed by atoms with van der Waals surface area (Å²) in [6.45, 7) is 6.43. The summed E-state index contributed by atoms with van der Waals surface area (Å²) in [4.78, 5) is 11.2. The van der Waals surface area contributed by atoms with E-state index in [0.717, 1.165) is 28.9 Å². The van der Waals surface area contributed by atoms with Gasteiger partial charge in [-0.1, -0.05) is 48.0 Å². The van der Waals surface area contributed by atoms with Gasteiger partial charge in [0.1, 0.15) is 5.75 Å². The summed E-state index contributed by atoms with van der Waals surface area (Å²) < 4.78 is 5.66. The average molecular weight is 310 g/mol. The highest BCUT2D eigenvalue weighted by molar-refractivity contribution is 5.69. The standard InChI is InChI=1S/C20H22O3/c1-15(2)12-13-23-18-10-8-17(9-11-18)19(14-20(21)22)16-6-4-3-5-7-16/h3-11,19H,1,12-14H2,2H3,(H,21,22)/t19-/m1/s1. The minimum absolute atomic E-state index is 0.0693. The Morgan fingerprint density at radius 3 is 2.26 bits per heavy atom. The first kappa shape index (κ1) is 16.8. The van der Waals surface area contributed by atoms with Gasteiger partial charge in [-0.2, -0.15) is 0 Å². The maximum absolute atomic E-state index is 11.2. The Hall–Kier alpha value is -2.55. The lowest BCUT2D eigenvalue weighted by atomic mass is 9.88. The molecule has 1 atom stereocenters. The van der Waals surface area contributed by atoms with E-state index in [2.05, 4.69) is 6.58 Å². The van der Waals surface area contributed by atoms with E-state index in [4.69, 9.17) is 4.74 Å². The molecule has 2 aromatic carbocycles. The van der Waals surface area contributed by atoms with E-state index in [1.54, 1.807) is 0 Å². The fourth-order valence-electron chi connectivity index (χ4n) is 2.43. The van der Waals surface area contributed by atoms with Gasteiger partial charge in [0, 0.05) is 12.3 Å². The van der Waals surface area contributed by atoms with Gasteiger partial charge in [-0.15, -0.1) is 6.58 Å². The number of hydrogen-bond acceptors (Lipinski definition) is 2. The summed E-state index contributed by atoms with van der Waals surface area (Å²) in [7, 11) is 0. The molecule has 0 bridgehead atoms. The number of ether oxygens (including phenoxy) is 1. The molecule has 2 aromatic rings. The zero-order valence-electron chi connectivity index (χ0n) is 13.4. The summed E-state index contributed by atoms with van der Waals surface area (Å²) in [6.07, 6.45) is 0.896. The summed E-state index contributed by atoms with van der Waals surface area (Å²) in [6, 6.07) is 17.4. The first-order chi connectivity index (χ1) is 11.1. The fraction of sp³-hybridized carbons (Fsp3) is 0.250. The zero-order valence-corrected chi connectivity index (χ0v) is 13.4. The monoisotopic (exact) mass is 310 g/mol. The van der Waals surface area contributed by atoms with Crippen LogP contribution in [0.2, 0.25) is 0 Å². The van der Waals surface area contributed by atoms with Crippen molar-refractivity contribution in [1.29, 1.82) is 0 Å². The zero-order chi connectivity index (χ0) is 16.7. The predicted octanol–water partition coefficient (Wildman–Crippen LogP) is 4.64. The van der Waals surface area contributed by atoms with Crippen molar-refractivity contribution in [3.63, 3.8) is 0 Å². The van der Waals surface area contributed by atoms with Crippen molar-refractivity contribution in [1.82, 2.24) is 0 Å². The van der Waals surface area contributed by atoms with E-state index < -0.39 is 5.97 Å². The van der Waals surface area contributed by atoms with Gasteiger partial charge in [-0.25, -0.2) is 0 Å². The van der Waals surface area contributed by atoms with Crippen LogP contribution in [0.15, 0.2) is 66.7 Å². The van der Waals surface area contributed by atoms with Crippen LogP contribution in [0.5, 0.6) is 5.75 Å². The Morgan fingerprint density at radius 2 is 1.70 bits per heavy atom. The minimum Gasteiger partial charge on any atom is -0.493 e. The summed E-state index contributed by atoms with van der Waals surface area (Å²) in [5.74, 6) is -0.170. The van der Waals surface area contributed by atoms with Crippen LogP contribution in [0, 0.1) is 0 Å². The smallest absolute Gasteiger partial charge is 0.304 e. The molecule has 0 aliphatic rings. The molecule has 0 amide bonds. The molecule has 23 heavy (non-hydrogen) atoms. The minimum atomic E-state index is -0.805. The fourth-order valence-corrected chi connectivity index (χ4v) is 2.43. The highest BCUT2D eigenvalue weighted by atomic mass is 16.5. The second kappa shape index (κ2) is 8.18. The third-order valence-electron chi connectivity index (χ3n) is 3.66. The van der Waals surface area contributed by atoms with Gasteiger partial charge < -0.3 is 9.84 Å². The van der Waals surface area contributed by atoms with E-state index in [0.29, 0.717) is 6.61 Å². The lowest BCUT2D eigenvalue weighted by Gasteiger charge is -2.16. The maximum atomic E-state index is 11.2. The highest BCUT2D eigenvalue weighted by Crippen LogP contribution is 2.29. The largest absolute Gasteiger partial charge is 0.493 e. The van der Waals surface area contributed by atoms with Gasteiger partial charge in [-0.05, 0) is 30.2 Å². The predicted molar refractivity (Wildman–Crippen MR) is 91.9 cm³/mol. The van der Waals surface area contributed by atoms with Crippen molar-refractivity contribution in [3.05, 3.63) is 77.9 Å². The van der Waals surface area contributed by atoms with E-state index >= 15 is 0 Å². The Labute approximate surface area is 137 Å². The van der Waals surface area contributed by atoms with E-state index in [1.807, 2.05) is 61.5 Å². The van der Waals surface area contributed by atoms with Crippen LogP contribution < -0.4 is 4.74 Å². The molecular weight excluding hydrogens is 288 g/mol. The Kier molecular flexibility index (Phi) is 5.98. The molecule has 0 saturated heterocycles. The topological polar surface area (TPSA) is 46.5 Å². The van der Waals surface area contributed by atoms with Crippen LogP contribution >= 0.6 is 0 Å². The van der Waals surface area contributed by atoms with Crippen molar-refractivity contribution in [2.24, 2.45) is 0 Å². The third-order valence-corrected chi connectivity index (χ3v) is 3.66. The lowest BCUT2D eigenvalue weighted by molar-refractivity contribution is -0.137. The van der Waals surface area contributed by atoms with E-state index in [9.17, 15) is 9.90 Å². The van der Waals surface area contributed by atoms with Gasteiger partial charge in [-0.3, -0.25) is 4.79 Å². The van der Waals surface area contributed by atoms with Crippen LogP contribution in [0.25, 0.3) is 0 Å². The molecule has 0 fully saturated rings. The van der Waals surface area contributed by atoms with Gasteiger partial charge in [0.2, 0.25) is 0 Å². The van der Waals surface area contributed by atoms with Gasteiger partial charge in [0.05, 0.1) is 13.0 Å². The number of carboxylic acids is 1. The van der Waals surface area contributed by atoms with Crippen LogP contribution in [0.1, 0.15) is 36.8 Å². The van der Waals surface area contributed by atoms with Crippen LogP contribution in [-0.2, 0) is 4.79 Å². The molecule has 0 radical (unpaired) electrons. The van der Waals surface area contributed by atoms with Crippen molar-refractivity contribution in [2.45, 2.75) is 25.7 Å². The molecule has 0 spiro atoms. The quantitative estimate of drug-likeness (QED) is 0.723. The maximum Gasteiger partial charge on any atom is 0.304 e. The van der Waals surface area contributed by atoms with Crippen molar-refractivity contribution < 1.29 is 14.6 Å². The van der Waals surface area contributed by atoms with Crippen molar-refractivity contribution in [2.75, 3.05) is 6.61 Å². The van der Waals surface area contributed by atoms with Gasteiger partial charge in [0.15, 0.2) is 0 Å². The molecule has 0 aromatic heterocycles. The third kappa shape index (κ3) is 5.29. The normalized spacial score (nSPS) is 11.7. The molecular formula is C20H22O3. The average Bonchev–Trinajstić information content (AvgIpc) is 2.54. The lowest BCUT2D eigenvalue weighted by Crippen LogP contribution is -2.08. The molecule has 3 heteroatoms. The SMILES string of the molecule is C=C(C)CCOc1ccc([C@H](CC(=O)O)c2ccccc2)cc1. The van der Waals surface area contributed by atoms with Crippen LogP contribution in [0.4, 0.5) is 0 Å². The van der Waals surface area contributed by atoms with Crippen molar-refractivity contribution in [3.8, 4) is 5.75 Å². The Morgan fingerprint density at radius 1 is 1.09 bits per heavy atom. The van der Waals surface area contributed by atoms with Gasteiger partial charge in [0.25, 0.3) is 0 Å². The second-order valence-electron chi connectivity index (χ2n) is 5.69. The molecule has 0 saturated carbocycles. The Bertz CT molecular complexity index is 644. The number of rotatable bonds is 8. The molecule has 3 nitrogen and oxygen atoms in total. The molecule has 0 aliphatic heterocycles. The molecule has 0 heterocycles. The Balaban J connectivity index is 2.13. The first-order valence-corrected chi connectivity index (χ1v) is 7.70. The van der Waals surface area contributed by atoms with Gasteiger partial charge >= 0.3 is 5.97 Å². The second-order valence-corrected chi connectivity index (χ2v) is 5.69. The van der Waals surface area contributed by atoms with Crippen molar-refractivity contribution >= 4 is 5.97 Å². The number of aliphatic carboxylic acids is 1.